The van der Waals surface area contributed by atoms with Crippen molar-refractivity contribution in [2.24, 2.45) is 5.92 Å². The molecule has 1 aliphatic rings. The summed E-state index contributed by atoms with van der Waals surface area (Å²) in [5.74, 6) is 0.213. The van der Waals surface area contributed by atoms with Crippen LogP contribution in [-0.4, -0.2) is 55.6 Å². The molecule has 0 unspecified atom stereocenters. The Morgan fingerprint density at radius 2 is 1.81 bits per heavy atom. The molecule has 32 heavy (non-hydrogen) atoms. The molecule has 0 bridgehead atoms. The molecule has 2 aromatic rings. The molecule has 1 saturated heterocycles. The van der Waals surface area contributed by atoms with Gasteiger partial charge in [-0.3, -0.25) is 9.69 Å². The van der Waals surface area contributed by atoms with Crippen molar-refractivity contribution in [3.8, 4) is 0 Å². The van der Waals surface area contributed by atoms with Crippen molar-refractivity contribution in [3.05, 3.63) is 71.3 Å². The number of halogens is 2. The van der Waals surface area contributed by atoms with E-state index in [2.05, 4.69) is 4.90 Å². The number of nitrogens with zero attached hydrogens (tertiary/aromatic N) is 2. The van der Waals surface area contributed by atoms with Crippen molar-refractivity contribution < 1.29 is 18.3 Å². The van der Waals surface area contributed by atoms with Crippen LogP contribution in [0, 0.1) is 17.6 Å². The van der Waals surface area contributed by atoms with Crippen LogP contribution in [0.25, 0.3) is 0 Å². The molecule has 1 aliphatic heterocycles. The van der Waals surface area contributed by atoms with E-state index in [4.69, 9.17) is 4.74 Å². The van der Waals surface area contributed by atoms with Crippen LogP contribution in [0.1, 0.15) is 36.8 Å². The fraction of sp³-hybridized carbons (Fsp3) is 0.500. The van der Waals surface area contributed by atoms with E-state index in [-0.39, 0.29) is 17.5 Å². The van der Waals surface area contributed by atoms with Crippen molar-refractivity contribution in [2.45, 2.75) is 38.6 Å². The zero-order chi connectivity index (χ0) is 22.8. The first-order chi connectivity index (χ1) is 15.5. The van der Waals surface area contributed by atoms with Gasteiger partial charge in [-0.1, -0.05) is 30.3 Å². The van der Waals surface area contributed by atoms with Crippen LogP contribution in [0.2, 0.25) is 0 Å². The first-order valence-electron chi connectivity index (χ1n) is 11.5. The van der Waals surface area contributed by atoms with Gasteiger partial charge in [0.1, 0.15) is 11.6 Å². The lowest BCUT2D eigenvalue weighted by molar-refractivity contribution is -0.132. The van der Waals surface area contributed by atoms with Crippen LogP contribution in [0.5, 0.6) is 0 Å². The van der Waals surface area contributed by atoms with Gasteiger partial charge in [-0.2, -0.15) is 0 Å². The Morgan fingerprint density at radius 1 is 1.09 bits per heavy atom. The van der Waals surface area contributed by atoms with Crippen LogP contribution < -0.4 is 0 Å². The average Bonchev–Trinajstić information content (AvgIpc) is 2.80. The van der Waals surface area contributed by atoms with Gasteiger partial charge in [-0.05, 0) is 68.5 Å². The smallest absolute Gasteiger partial charge is 0.222 e. The first kappa shape index (κ1) is 24.3. The third-order valence-electron chi connectivity index (χ3n) is 6.22. The van der Waals surface area contributed by atoms with E-state index in [1.807, 2.05) is 17.0 Å². The second-order valence-electron chi connectivity index (χ2n) is 8.62. The number of benzene rings is 2. The second kappa shape index (κ2) is 12.7. The predicted molar refractivity (Wildman–Crippen MR) is 122 cm³/mol. The van der Waals surface area contributed by atoms with Gasteiger partial charge in [0, 0.05) is 38.7 Å². The maximum absolute atomic E-state index is 13.9. The Kier molecular flexibility index (Phi) is 9.62. The molecule has 1 amide bonds. The largest absolute Gasteiger partial charge is 0.383 e. The van der Waals surface area contributed by atoms with Gasteiger partial charge in [0.05, 0.1) is 6.61 Å². The third-order valence-corrected chi connectivity index (χ3v) is 6.22. The Bertz CT molecular complexity index is 836. The number of aryl methyl sites for hydroxylation is 1. The highest BCUT2D eigenvalue weighted by Gasteiger charge is 2.24. The molecule has 0 radical (unpaired) electrons. The summed E-state index contributed by atoms with van der Waals surface area (Å²) < 4.78 is 32.2. The molecule has 1 fully saturated rings. The second-order valence-corrected chi connectivity index (χ2v) is 8.62. The van der Waals surface area contributed by atoms with Crippen molar-refractivity contribution in [3.63, 3.8) is 0 Å². The molecule has 0 atom stereocenters. The van der Waals surface area contributed by atoms with Gasteiger partial charge in [-0.15, -0.1) is 0 Å². The number of ether oxygens (including phenoxy) is 1. The molecule has 0 saturated carbocycles. The highest BCUT2D eigenvalue weighted by atomic mass is 19.1. The van der Waals surface area contributed by atoms with E-state index in [9.17, 15) is 13.6 Å². The lowest BCUT2D eigenvalue weighted by Gasteiger charge is -2.35. The lowest BCUT2D eigenvalue weighted by Crippen LogP contribution is -2.42. The molecule has 0 aliphatic carbocycles. The van der Waals surface area contributed by atoms with Crippen LogP contribution in [0.4, 0.5) is 8.78 Å². The summed E-state index contributed by atoms with van der Waals surface area (Å²) in [5, 5.41) is 0. The van der Waals surface area contributed by atoms with Crippen molar-refractivity contribution in [1.29, 1.82) is 0 Å². The summed E-state index contributed by atoms with van der Waals surface area (Å²) in [5.41, 5.74) is 1.79. The minimum atomic E-state index is -0.240. The number of likely N-dealkylation sites (tertiary alicyclic amines) is 1. The molecule has 4 nitrogen and oxygen atoms in total. The standard InChI is InChI=1S/C26H34F2N2O2/c1-32-18-17-30(26(31)8-4-5-21-9-11-24(27)12-10-21)19-22-13-15-29(16-14-22)20-23-6-2-3-7-25(23)28/h2-3,6-7,9-12,22H,4-5,8,13-20H2,1H3. The summed E-state index contributed by atoms with van der Waals surface area (Å²) in [6.07, 6.45) is 3.99. The molecule has 3 rings (SSSR count). The van der Waals surface area contributed by atoms with E-state index in [0.717, 1.165) is 56.4 Å². The topological polar surface area (TPSA) is 32.8 Å². The van der Waals surface area contributed by atoms with Crippen LogP contribution in [0.3, 0.4) is 0 Å². The van der Waals surface area contributed by atoms with Crippen LogP contribution in [-0.2, 0) is 22.5 Å². The number of rotatable bonds is 11. The molecule has 0 N–H and O–H groups in total. The zero-order valence-corrected chi connectivity index (χ0v) is 18.9. The van der Waals surface area contributed by atoms with Crippen LogP contribution >= 0.6 is 0 Å². The van der Waals surface area contributed by atoms with E-state index in [0.29, 0.717) is 32.0 Å². The van der Waals surface area contributed by atoms with E-state index < -0.39 is 0 Å². The number of carbonyl (C=O) groups excluding carboxylic acids is 1. The number of piperidine rings is 1. The Morgan fingerprint density at radius 3 is 2.50 bits per heavy atom. The number of hydrogen-bond donors (Lipinski definition) is 0. The molecule has 0 aromatic heterocycles. The Balaban J connectivity index is 1.44. The summed E-state index contributed by atoms with van der Waals surface area (Å²) in [7, 11) is 1.65. The maximum atomic E-state index is 13.9. The molecular formula is C26H34F2N2O2. The monoisotopic (exact) mass is 444 g/mol. The SMILES string of the molecule is COCCN(CC1CCN(Cc2ccccc2F)CC1)C(=O)CCCc1ccc(F)cc1. The van der Waals surface area contributed by atoms with E-state index >= 15 is 0 Å². The van der Waals surface area contributed by atoms with Crippen molar-refractivity contribution in [2.75, 3.05) is 39.9 Å². The minimum Gasteiger partial charge on any atom is -0.383 e. The number of hydrogen-bond acceptors (Lipinski definition) is 3. The minimum absolute atomic E-state index is 0.147. The third kappa shape index (κ3) is 7.68. The molecular weight excluding hydrogens is 410 g/mol. The molecule has 2 aromatic carbocycles. The summed E-state index contributed by atoms with van der Waals surface area (Å²) in [6, 6.07) is 13.4. The number of amides is 1. The average molecular weight is 445 g/mol. The van der Waals surface area contributed by atoms with Gasteiger partial charge in [-0.25, -0.2) is 8.78 Å². The van der Waals surface area contributed by atoms with Gasteiger partial charge < -0.3 is 9.64 Å². The van der Waals surface area contributed by atoms with Gasteiger partial charge >= 0.3 is 0 Å². The quantitative estimate of drug-likeness (QED) is 0.505. The maximum Gasteiger partial charge on any atom is 0.222 e. The van der Waals surface area contributed by atoms with Gasteiger partial charge in [0.15, 0.2) is 0 Å². The highest BCUT2D eigenvalue weighted by molar-refractivity contribution is 5.76. The molecule has 6 heteroatoms. The summed E-state index contributed by atoms with van der Waals surface area (Å²) in [4.78, 5) is 17.1. The molecule has 0 spiro atoms. The summed E-state index contributed by atoms with van der Waals surface area (Å²) in [6.45, 7) is 4.32. The Labute approximate surface area is 190 Å². The van der Waals surface area contributed by atoms with Gasteiger partial charge in [0.2, 0.25) is 5.91 Å². The van der Waals surface area contributed by atoms with E-state index in [1.165, 1.54) is 18.2 Å². The number of carbonyl (C=O) groups is 1. The highest BCUT2D eigenvalue weighted by Crippen LogP contribution is 2.21. The van der Waals surface area contributed by atoms with E-state index in [1.54, 1.807) is 25.3 Å². The molecule has 1 heterocycles. The van der Waals surface area contributed by atoms with Crippen molar-refractivity contribution in [1.82, 2.24) is 9.80 Å². The number of methoxy groups -OCH3 is 1. The lowest BCUT2D eigenvalue weighted by atomic mass is 9.95. The normalized spacial score (nSPS) is 15.1. The fourth-order valence-corrected chi connectivity index (χ4v) is 4.28. The Hall–Kier alpha value is -2.31. The molecule has 174 valence electrons. The van der Waals surface area contributed by atoms with Gasteiger partial charge in [0.25, 0.3) is 0 Å². The first-order valence-corrected chi connectivity index (χ1v) is 11.5. The predicted octanol–water partition coefficient (Wildman–Crippen LogP) is 4.67. The zero-order valence-electron chi connectivity index (χ0n) is 18.9. The fourth-order valence-electron chi connectivity index (χ4n) is 4.28. The van der Waals surface area contributed by atoms with Crippen molar-refractivity contribution >= 4 is 5.91 Å². The van der Waals surface area contributed by atoms with Crippen LogP contribution in [0.15, 0.2) is 48.5 Å². The summed E-state index contributed by atoms with van der Waals surface area (Å²) >= 11 is 0.